The van der Waals surface area contributed by atoms with Gasteiger partial charge in [-0.25, -0.2) is 0 Å². The summed E-state index contributed by atoms with van der Waals surface area (Å²) in [4.78, 5) is 0. The van der Waals surface area contributed by atoms with Gasteiger partial charge in [0.25, 0.3) is 0 Å². The zero-order valence-electron chi connectivity index (χ0n) is 9.92. The molecule has 0 saturated carbocycles. The highest BCUT2D eigenvalue weighted by Crippen LogP contribution is 2.28. The molecule has 0 fully saturated rings. The molecule has 98 valence electrons. The summed E-state index contributed by atoms with van der Waals surface area (Å²) in [5.41, 5.74) is 1.90. The molecule has 0 unspecified atom stereocenters. The Morgan fingerprint density at radius 3 is 3.10 bits per heavy atom. The minimum absolute atomic E-state index is 0.234. The van der Waals surface area contributed by atoms with E-state index in [1.54, 1.807) is 6.20 Å². The fraction of sp³-hybridized carbons (Fsp3) is 0. The number of nitrogens with zero attached hydrogens (tertiary/aromatic N) is 5. The second kappa shape index (κ2) is 5.10. The maximum absolute atomic E-state index is 9.09. The monoisotopic (exact) mass is 330 g/mol. The van der Waals surface area contributed by atoms with Gasteiger partial charge in [0.05, 0.1) is 17.4 Å². The number of aromatic nitrogens is 6. The van der Waals surface area contributed by atoms with Crippen LogP contribution in [0.15, 0.2) is 29.0 Å². The summed E-state index contributed by atoms with van der Waals surface area (Å²) in [5, 5.41) is 33.2. The Morgan fingerprint density at radius 1 is 1.45 bits per heavy atom. The Morgan fingerprint density at radius 2 is 2.35 bits per heavy atom. The summed E-state index contributed by atoms with van der Waals surface area (Å²) in [6.45, 7) is 0. The number of nitrogens with one attached hydrogen (secondary N) is 3. The molecule has 3 rings (SSSR count). The summed E-state index contributed by atoms with van der Waals surface area (Å²) < 4.78 is 0.939. The first-order valence-corrected chi connectivity index (χ1v) is 6.31. The Kier molecular flexibility index (Phi) is 3.14. The first kappa shape index (κ1) is 12.3. The van der Waals surface area contributed by atoms with Crippen LogP contribution < -0.4 is 5.32 Å². The molecule has 9 heteroatoms. The van der Waals surface area contributed by atoms with Gasteiger partial charge in [-0.3, -0.25) is 5.10 Å². The molecule has 0 aliphatic rings. The molecule has 3 N–H and O–H groups in total. The van der Waals surface area contributed by atoms with Gasteiger partial charge in [0, 0.05) is 16.1 Å². The zero-order chi connectivity index (χ0) is 13.9. The molecule has 0 spiro atoms. The van der Waals surface area contributed by atoms with Crippen molar-refractivity contribution in [3.63, 3.8) is 0 Å². The molecule has 0 aliphatic heterocycles. The van der Waals surface area contributed by atoms with Crippen molar-refractivity contribution in [3.8, 4) is 6.07 Å². The van der Waals surface area contributed by atoms with Crippen molar-refractivity contribution in [1.82, 2.24) is 30.8 Å². The summed E-state index contributed by atoms with van der Waals surface area (Å²) in [6.07, 6.45) is 3.24. The zero-order valence-corrected chi connectivity index (χ0v) is 11.5. The van der Waals surface area contributed by atoms with Crippen LogP contribution in [0.4, 0.5) is 5.69 Å². The molecular weight excluding hydrogens is 324 g/mol. The summed E-state index contributed by atoms with van der Waals surface area (Å²) in [5.74, 6) is 0.234. The van der Waals surface area contributed by atoms with Gasteiger partial charge in [-0.1, -0.05) is 15.9 Å². The van der Waals surface area contributed by atoms with E-state index in [4.69, 9.17) is 5.26 Å². The van der Waals surface area contributed by atoms with E-state index in [0.717, 1.165) is 21.1 Å². The van der Waals surface area contributed by atoms with Crippen LogP contribution in [0.2, 0.25) is 0 Å². The number of hydrogen-bond donors (Lipinski definition) is 3. The van der Waals surface area contributed by atoms with Crippen LogP contribution >= 0.6 is 15.9 Å². The van der Waals surface area contributed by atoms with E-state index in [2.05, 4.69) is 52.1 Å². The van der Waals surface area contributed by atoms with Crippen LogP contribution in [0.3, 0.4) is 0 Å². The standard InChI is InChI=1S/C11H7BrN8/c12-8-1-2-9(10-7(8)5-15-16-10)14-4-6(3-13)11-17-19-20-18-11/h1-2,4-5,14H,(H,15,16)(H,17,18,19,20). The molecule has 8 nitrogen and oxygen atoms in total. The molecule has 3 aromatic rings. The van der Waals surface area contributed by atoms with E-state index >= 15 is 0 Å². The molecule has 0 saturated heterocycles. The number of tetrazole rings is 1. The van der Waals surface area contributed by atoms with Gasteiger partial charge >= 0.3 is 0 Å². The number of benzene rings is 1. The second-order valence-electron chi connectivity index (χ2n) is 3.80. The second-order valence-corrected chi connectivity index (χ2v) is 4.66. The average Bonchev–Trinajstić information content (AvgIpc) is 3.12. The number of halogens is 1. The van der Waals surface area contributed by atoms with E-state index in [1.165, 1.54) is 6.20 Å². The van der Waals surface area contributed by atoms with Gasteiger partial charge in [-0.05, 0) is 17.3 Å². The number of aromatic amines is 2. The van der Waals surface area contributed by atoms with Gasteiger partial charge in [0.15, 0.2) is 0 Å². The van der Waals surface area contributed by atoms with Gasteiger partial charge in [-0.15, -0.1) is 10.2 Å². The highest BCUT2D eigenvalue weighted by molar-refractivity contribution is 9.10. The van der Waals surface area contributed by atoms with Gasteiger partial charge in [0.2, 0.25) is 5.82 Å². The number of hydrogen-bond acceptors (Lipinski definition) is 6. The molecule has 2 aromatic heterocycles. The summed E-state index contributed by atoms with van der Waals surface area (Å²) >= 11 is 3.45. The molecule has 0 aliphatic carbocycles. The SMILES string of the molecule is N#CC(=CNc1ccc(Br)c2cn[nH]c12)c1nn[nH]n1. The highest BCUT2D eigenvalue weighted by atomic mass is 79.9. The third kappa shape index (κ3) is 2.12. The van der Waals surface area contributed by atoms with E-state index in [0.29, 0.717) is 0 Å². The van der Waals surface area contributed by atoms with Crippen LogP contribution in [0.5, 0.6) is 0 Å². The summed E-state index contributed by atoms with van der Waals surface area (Å²) in [6, 6.07) is 5.77. The van der Waals surface area contributed by atoms with Crippen LogP contribution in [-0.2, 0) is 0 Å². The highest BCUT2D eigenvalue weighted by Gasteiger charge is 2.08. The summed E-state index contributed by atoms with van der Waals surface area (Å²) in [7, 11) is 0. The number of fused-ring (bicyclic) bond motifs is 1. The molecule has 0 bridgehead atoms. The Bertz CT molecular complexity index is 811. The third-order valence-corrected chi connectivity index (χ3v) is 3.33. The number of anilines is 1. The van der Waals surface area contributed by atoms with E-state index in [-0.39, 0.29) is 11.4 Å². The lowest BCUT2D eigenvalue weighted by Gasteiger charge is -2.03. The van der Waals surface area contributed by atoms with Crippen LogP contribution in [0.1, 0.15) is 5.82 Å². The maximum Gasteiger partial charge on any atom is 0.216 e. The van der Waals surface area contributed by atoms with Gasteiger partial charge in [-0.2, -0.15) is 15.6 Å². The molecule has 0 atom stereocenters. The van der Waals surface area contributed by atoms with Crippen molar-refractivity contribution < 1.29 is 0 Å². The minimum atomic E-state index is 0.234. The van der Waals surface area contributed by atoms with Crippen LogP contribution in [0.25, 0.3) is 16.5 Å². The largest absolute Gasteiger partial charge is 0.359 e. The maximum atomic E-state index is 9.09. The lowest BCUT2D eigenvalue weighted by atomic mass is 10.2. The van der Waals surface area contributed by atoms with Gasteiger partial charge < -0.3 is 5.32 Å². The van der Waals surface area contributed by atoms with Gasteiger partial charge in [0.1, 0.15) is 11.6 Å². The fourth-order valence-corrected chi connectivity index (χ4v) is 2.13. The van der Waals surface area contributed by atoms with Crippen LogP contribution in [-0.4, -0.2) is 30.8 Å². The van der Waals surface area contributed by atoms with Crippen molar-refractivity contribution in [2.75, 3.05) is 5.32 Å². The van der Waals surface area contributed by atoms with Crippen molar-refractivity contribution in [2.45, 2.75) is 0 Å². The molecule has 20 heavy (non-hydrogen) atoms. The normalized spacial score (nSPS) is 11.5. The molecule has 1 aromatic carbocycles. The lowest BCUT2D eigenvalue weighted by molar-refractivity contribution is 0.881. The Balaban J connectivity index is 1.96. The number of nitriles is 1. The smallest absolute Gasteiger partial charge is 0.216 e. The number of rotatable bonds is 3. The number of allylic oxidation sites excluding steroid dienone is 1. The van der Waals surface area contributed by atoms with E-state index in [9.17, 15) is 0 Å². The van der Waals surface area contributed by atoms with Crippen molar-refractivity contribution in [3.05, 3.63) is 34.8 Å². The average molecular weight is 331 g/mol. The van der Waals surface area contributed by atoms with E-state index in [1.807, 2.05) is 18.2 Å². The van der Waals surface area contributed by atoms with Crippen LogP contribution in [0, 0.1) is 11.3 Å². The van der Waals surface area contributed by atoms with Crippen molar-refractivity contribution in [2.24, 2.45) is 0 Å². The predicted molar refractivity (Wildman–Crippen MR) is 75.2 cm³/mol. The molecule has 0 amide bonds. The first-order valence-electron chi connectivity index (χ1n) is 5.52. The lowest BCUT2D eigenvalue weighted by Crippen LogP contribution is -1.94. The molecule has 0 radical (unpaired) electrons. The topological polar surface area (TPSA) is 119 Å². The molecular formula is C11H7BrN8. The molecule has 2 heterocycles. The fourth-order valence-electron chi connectivity index (χ4n) is 1.70. The van der Waals surface area contributed by atoms with E-state index < -0.39 is 0 Å². The Hall–Kier alpha value is -2.73. The quantitative estimate of drug-likeness (QED) is 0.630. The Labute approximate surface area is 121 Å². The predicted octanol–water partition coefficient (Wildman–Crippen LogP) is 1.82. The first-order chi connectivity index (χ1) is 9.79. The van der Waals surface area contributed by atoms with Crippen molar-refractivity contribution in [1.29, 1.82) is 5.26 Å². The minimum Gasteiger partial charge on any atom is -0.359 e. The number of H-pyrrole nitrogens is 2. The van der Waals surface area contributed by atoms with Crippen molar-refractivity contribution >= 4 is 38.1 Å². The third-order valence-electron chi connectivity index (χ3n) is 2.64.